The zero-order valence-corrected chi connectivity index (χ0v) is 19.1. The summed E-state index contributed by atoms with van der Waals surface area (Å²) in [7, 11) is 0. The molecule has 3 aromatic rings. The highest BCUT2D eigenvalue weighted by atomic mass is 16.6. The fourth-order valence-corrected chi connectivity index (χ4v) is 4.19. The van der Waals surface area contributed by atoms with Crippen molar-refractivity contribution in [1.82, 2.24) is 10.3 Å². The van der Waals surface area contributed by atoms with Crippen LogP contribution in [0, 0.1) is 16.0 Å². The van der Waals surface area contributed by atoms with Gasteiger partial charge in [0.1, 0.15) is 18.0 Å². The van der Waals surface area contributed by atoms with Crippen LogP contribution in [0.1, 0.15) is 36.9 Å². The van der Waals surface area contributed by atoms with E-state index in [-0.39, 0.29) is 28.5 Å². The molecule has 0 aliphatic carbocycles. The van der Waals surface area contributed by atoms with Crippen LogP contribution in [0.15, 0.2) is 73.1 Å². The second-order valence-electron chi connectivity index (χ2n) is 8.46. The molecular weight excluding hydrogens is 432 g/mol. The minimum atomic E-state index is -0.356. The third-order valence-electron chi connectivity index (χ3n) is 6.15. The molecule has 2 aromatic carbocycles. The molecule has 1 atom stereocenters. The van der Waals surface area contributed by atoms with E-state index in [4.69, 9.17) is 4.74 Å². The van der Waals surface area contributed by atoms with Crippen molar-refractivity contribution in [3.63, 3.8) is 0 Å². The van der Waals surface area contributed by atoms with E-state index in [1.54, 1.807) is 30.6 Å². The van der Waals surface area contributed by atoms with E-state index in [2.05, 4.69) is 10.3 Å². The van der Waals surface area contributed by atoms with Crippen molar-refractivity contribution >= 4 is 17.3 Å². The average molecular weight is 461 g/mol. The summed E-state index contributed by atoms with van der Waals surface area (Å²) in [6.45, 7) is 3.64. The number of amides is 1. The first-order valence-electron chi connectivity index (χ1n) is 11.4. The normalized spacial score (nSPS) is 14.9. The van der Waals surface area contributed by atoms with Crippen LogP contribution in [0.4, 0.5) is 11.4 Å². The Morgan fingerprint density at radius 2 is 1.88 bits per heavy atom. The van der Waals surface area contributed by atoms with Crippen LogP contribution >= 0.6 is 0 Å². The number of nitro benzene ring substituents is 1. The lowest BCUT2D eigenvalue weighted by Crippen LogP contribution is -2.41. The Hall–Kier alpha value is -3.94. The smallest absolute Gasteiger partial charge is 0.292 e. The number of ether oxygens (including phenoxy) is 1. The Morgan fingerprint density at radius 3 is 2.56 bits per heavy atom. The van der Waals surface area contributed by atoms with Crippen molar-refractivity contribution in [1.29, 1.82) is 0 Å². The maximum Gasteiger partial charge on any atom is 0.292 e. The number of hydrogen-bond donors (Lipinski definition) is 1. The number of para-hydroxylation sites is 2. The summed E-state index contributed by atoms with van der Waals surface area (Å²) in [5.74, 6) is 0.670. The van der Waals surface area contributed by atoms with E-state index < -0.39 is 0 Å². The Morgan fingerprint density at radius 1 is 1.15 bits per heavy atom. The number of nitrogens with one attached hydrogen (secondary N) is 1. The number of nitro groups is 1. The van der Waals surface area contributed by atoms with Gasteiger partial charge in [0.25, 0.3) is 5.69 Å². The highest BCUT2D eigenvalue weighted by Gasteiger charge is 2.28. The number of hydrogen-bond acceptors (Lipinski definition) is 6. The molecule has 8 heteroatoms. The van der Waals surface area contributed by atoms with Crippen molar-refractivity contribution < 1.29 is 14.5 Å². The van der Waals surface area contributed by atoms with E-state index in [9.17, 15) is 14.9 Å². The van der Waals surface area contributed by atoms with Crippen LogP contribution in [0.3, 0.4) is 0 Å². The Labute approximate surface area is 198 Å². The Bertz CT molecular complexity index is 1110. The third kappa shape index (κ3) is 5.70. The van der Waals surface area contributed by atoms with Crippen LogP contribution in [-0.2, 0) is 11.4 Å². The molecule has 1 unspecified atom stereocenters. The van der Waals surface area contributed by atoms with Gasteiger partial charge in [-0.05, 0) is 49.6 Å². The summed E-state index contributed by atoms with van der Waals surface area (Å²) in [5.41, 5.74) is 2.72. The molecule has 1 N–H and O–H groups in total. The van der Waals surface area contributed by atoms with Crippen LogP contribution in [0.5, 0.6) is 5.75 Å². The fourth-order valence-electron chi connectivity index (χ4n) is 4.19. The van der Waals surface area contributed by atoms with Crippen LogP contribution in [0.25, 0.3) is 0 Å². The molecule has 1 saturated heterocycles. The van der Waals surface area contributed by atoms with Gasteiger partial charge in [-0.3, -0.25) is 19.9 Å². The van der Waals surface area contributed by atoms with Gasteiger partial charge in [-0.1, -0.05) is 30.3 Å². The number of rotatable bonds is 8. The summed E-state index contributed by atoms with van der Waals surface area (Å²) < 4.78 is 5.80. The monoisotopic (exact) mass is 460 g/mol. The van der Waals surface area contributed by atoms with Gasteiger partial charge in [-0.2, -0.15) is 0 Å². The summed E-state index contributed by atoms with van der Waals surface area (Å²) >= 11 is 0. The van der Waals surface area contributed by atoms with E-state index >= 15 is 0 Å². The number of anilines is 1. The second-order valence-corrected chi connectivity index (χ2v) is 8.46. The molecule has 8 nitrogen and oxygen atoms in total. The average Bonchev–Trinajstić information content (AvgIpc) is 2.88. The largest absolute Gasteiger partial charge is 0.489 e. The lowest BCUT2D eigenvalue weighted by atomic mass is 9.94. The third-order valence-corrected chi connectivity index (χ3v) is 6.15. The topological polar surface area (TPSA) is 97.6 Å². The number of nitrogens with zero attached hydrogens (tertiary/aromatic N) is 3. The highest BCUT2D eigenvalue weighted by Crippen LogP contribution is 2.31. The number of carbonyl (C=O) groups is 1. The lowest BCUT2D eigenvalue weighted by Gasteiger charge is -2.33. The van der Waals surface area contributed by atoms with Crippen molar-refractivity contribution in [3.05, 3.63) is 94.3 Å². The van der Waals surface area contributed by atoms with Gasteiger partial charge in [0.15, 0.2) is 0 Å². The van der Waals surface area contributed by atoms with E-state index in [0.717, 1.165) is 16.9 Å². The Kier molecular flexibility index (Phi) is 7.37. The summed E-state index contributed by atoms with van der Waals surface area (Å²) in [5, 5.41) is 14.4. The minimum absolute atomic E-state index is 0.0200. The predicted molar refractivity (Wildman–Crippen MR) is 130 cm³/mol. The second kappa shape index (κ2) is 10.8. The fraction of sp³-hybridized carbons (Fsp3) is 0.308. The van der Waals surface area contributed by atoms with Gasteiger partial charge in [-0.25, -0.2) is 0 Å². The molecule has 0 spiro atoms. The number of benzene rings is 2. The number of aromatic nitrogens is 1. The first-order valence-corrected chi connectivity index (χ1v) is 11.4. The zero-order chi connectivity index (χ0) is 23.9. The molecule has 1 aromatic heterocycles. The van der Waals surface area contributed by atoms with Crippen LogP contribution in [0.2, 0.25) is 0 Å². The molecule has 1 amide bonds. The van der Waals surface area contributed by atoms with Crippen molar-refractivity contribution in [2.24, 2.45) is 5.92 Å². The number of carbonyl (C=O) groups excluding carboxylic acids is 1. The molecular formula is C26H28N4O4. The number of pyridine rings is 1. The quantitative estimate of drug-likeness (QED) is 0.388. The molecule has 0 bridgehead atoms. The first kappa shape index (κ1) is 23.2. The maximum absolute atomic E-state index is 12.9. The molecule has 0 radical (unpaired) electrons. The molecule has 1 aliphatic rings. The molecule has 1 aliphatic heterocycles. The molecule has 1 fully saturated rings. The molecule has 34 heavy (non-hydrogen) atoms. The van der Waals surface area contributed by atoms with Crippen molar-refractivity contribution in [2.45, 2.75) is 32.4 Å². The molecule has 176 valence electrons. The Balaban J connectivity index is 1.27. The maximum atomic E-state index is 12.9. The van der Waals surface area contributed by atoms with E-state index in [1.165, 1.54) is 6.07 Å². The van der Waals surface area contributed by atoms with Gasteiger partial charge >= 0.3 is 0 Å². The molecule has 0 saturated carbocycles. The van der Waals surface area contributed by atoms with Gasteiger partial charge in [-0.15, -0.1) is 0 Å². The van der Waals surface area contributed by atoms with E-state index in [0.29, 0.717) is 38.2 Å². The van der Waals surface area contributed by atoms with E-state index in [1.807, 2.05) is 48.2 Å². The lowest BCUT2D eigenvalue weighted by molar-refractivity contribution is -0.384. The minimum Gasteiger partial charge on any atom is -0.489 e. The van der Waals surface area contributed by atoms with Gasteiger partial charge in [0.05, 0.1) is 11.0 Å². The van der Waals surface area contributed by atoms with Gasteiger partial charge in [0, 0.05) is 43.0 Å². The van der Waals surface area contributed by atoms with Crippen LogP contribution in [-0.4, -0.2) is 28.9 Å². The zero-order valence-electron chi connectivity index (χ0n) is 19.1. The number of piperidine rings is 1. The predicted octanol–water partition coefficient (Wildman–Crippen LogP) is 4.66. The SMILES string of the molecule is CC(NC(=O)C1CCN(c2ccccc2[N+](=O)[O-])CC1)c1ccc(OCc2cccnc2)cc1. The summed E-state index contributed by atoms with van der Waals surface area (Å²) in [4.78, 5) is 29.9. The van der Waals surface area contributed by atoms with Gasteiger partial charge < -0.3 is 15.0 Å². The highest BCUT2D eigenvalue weighted by molar-refractivity contribution is 5.79. The van der Waals surface area contributed by atoms with Gasteiger partial charge in [0.2, 0.25) is 5.91 Å². The standard InChI is InChI=1S/C26H28N4O4/c1-19(21-8-10-23(11-9-21)34-18-20-5-4-14-27-17-20)28-26(31)22-12-15-29(16-13-22)24-6-2-3-7-25(24)30(32)33/h2-11,14,17,19,22H,12-13,15-16,18H2,1H3,(H,28,31). The summed E-state index contributed by atoms with van der Waals surface area (Å²) in [6.07, 6.45) is 4.82. The van der Waals surface area contributed by atoms with Crippen molar-refractivity contribution in [2.75, 3.05) is 18.0 Å². The van der Waals surface area contributed by atoms with Crippen molar-refractivity contribution in [3.8, 4) is 5.75 Å². The first-order chi connectivity index (χ1) is 16.5. The van der Waals surface area contributed by atoms with Crippen LogP contribution < -0.4 is 15.0 Å². The summed E-state index contributed by atoms with van der Waals surface area (Å²) in [6, 6.07) is 18.2. The molecule has 2 heterocycles. The molecule has 4 rings (SSSR count).